The predicted octanol–water partition coefficient (Wildman–Crippen LogP) is 1.88. The molecule has 94 valence electrons. The third-order valence-corrected chi connectivity index (χ3v) is 7.47. The third-order valence-electron chi connectivity index (χ3n) is 4.36. The number of hydrogen-bond acceptors (Lipinski definition) is 3. The van der Waals surface area contributed by atoms with Gasteiger partial charge in [0, 0.05) is 6.54 Å². The van der Waals surface area contributed by atoms with Crippen LogP contribution in [-0.2, 0) is 9.84 Å². The Balaban J connectivity index is 2.15. The highest BCUT2D eigenvalue weighted by Crippen LogP contribution is 2.43. The lowest BCUT2D eigenvalue weighted by Crippen LogP contribution is -2.55. The molecule has 2 saturated carbocycles. The molecule has 0 bridgehead atoms. The molecule has 0 aromatic carbocycles. The summed E-state index contributed by atoms with van der Waals surface area (Å²) >= 11 is 0. The molecule has 0 atom stereocenters. The molecular weight excluding hydrogens is 222 g/mol. The van der Waals surface area contributed by atoms with Gasteiger partial charge in [0.15, 0.2) is 9.84 Å². The Bertz CT molecular complexity index is 327. The second-order valence-corrected chi connectivity index (χ2v) is 7.99. The first-order valence-corrected chi connectivity index (χ1v) is 8.05. The van der Waals surface area contributed by atoms with E-state index in [1.807, 2.05) is 7.05 Å². The van der Waals surface area contributed by atoms with Crippen molar-refractivity contribution in [3.8, 4) is 0 Å². The largest absolute Gasteiger partial charge is 0.318 e. The summed E-state index contributed by atoms with van der Waals surface area (Å²) in [6, 6.07) is 0. The van der Waals surface area contributed by atoms with Crippen LogP contribution >= 0.6 is 0 Å². The van der Waals surface area contributed by atoms with Crippen molar-refractivity contribution in [3.63, 3.8) is 0 Å². The Labute approximate surface area is 98.9 Å². The zero-order chi connectivity index (χ0) is 11.6. The molecule has 2 aliphatic rings. The number of sulfone groups is 1. The maximum Gasteiger partial charge on any atom is 0.160 e. The van der Waals surface area contributed by atoms with Gasteiger partial charge in [0.1, 0.15) is 0 Å². The minimum absolute atomic E-state index is 0.0464. The molecule has 0 aromatic heterocycles. The van der Waals surface area contributed by atoms with Gasteiger partial charge in [-0.3, -0.25) is 0 Å². The smallest absolute Gasteiger partial charge is 0.160 e. The van der Waals surface area contributed by atoms with Gasteiger partial charge in [0.25, 0.3) is 0 Å². The van der Waals surface area contributed by atoms with Gasteiger partial charge < -0.3 is 5.32 Å². The van der Waals surface area contributed by atoms with E-state index < -0.39 is 14.6 Å². The first-order valence-electron chi connectivity index (χ1n) is 6.50. The zero-order valence-corrected chi connectivity index (χ0v) is 11.0. The molecule has 0 heterocycles. The van der Waals surface area contributed by atoms with Crippen LogP contribution in [0.4, 0.5) is 0 Å². The van der Waals surface area contributed by atoms with Crippen molar-refractivity contribution in [1.82, 2.24) is 5.32 Å². The van der Waals surface area contributed by atoms with E-state index in [1.165, 1.54) is 6.42 Å². The highest BCUT2D eigenvalue weighted by atomic mass is 32.2. The van der Waals surface area contributed by atoms with Gasteiger partial charge in [0.05, 0.1) is 10.00 Å². The molecule has 2 rings (SSSR count). The molecule has 2 fully saturated rings. The van der Waals surface area contributed by atoms with Crippen molar-refractivity contribution in [2.45, 2.75) is 61.4 Å². The van der Waals surface area contributed by atoms with Crippen LogP contribution in [0.5, 0.6) is 0 Å². The van der Waals surface area contributed by atoms with Gasteiger partial charge in [-0.05, 0) is 32.7 Å². The summed E-state index contributed by atoms with van der Waals surface area (Å²) < 4.78 is 24.9. The van der Waals surface area contributed by atoms with Crippen molar-refractivity contribution in [1.29, 1.82) is 0 Å². The SMILES string of the molecule is CNCC1(S(=O)(=O)C2CCCCC2)CCC1. The van der Waals surface area contributed by atoms with E-state index in [1.54, 1.807) is 0 Å². The molecule has 3 nitrogen and oxygen atoms in total. The molecule has 0 spiro atoms. The lowest BCUT2D eigenvalue weighted by Gasteiger charge is -2.44. The number of hydrogen-bond donors (Lipinski definition) is 1. The van der Waals surface area contributed by atoms with Crippen molar-refractivity contribution in [2.75, 3.05) is 13.6 Å². The molecule has 0 saturated heterocycles. The van der Waals surface area contributed by atoms with Crippen LogP contribution in [0, 0.1) is 0 Å². The Morgan fingerprint density at radius 2 is 1.75 bits per heavy atom. The minimum atomic E-state index is -2.91. The van der Waals surface area contributed by atoms with Crippen LogP contribution in [-0.4, -0.2) is 32.0 Å². The highest BCUT2D eigenvalue weighted by molar-refractivity contribution is 7.93. The Morgan fingerprint density at radius 3 is 2.19 bits per heavy atom. The first-order chi connectivity index (χ1) is 7.62. The average Bonchev–Trinajstić information content (AvgIpc) is 2.24. The van der Waals surface area contributed by atoms with Gasteiger partial charge >= 0.3 is 0 Å². The predicted molar refractivity (Wildman–Crippen MR) is 66.3 cm³/mol. The summed E-state index contributed by atoms with van der Waals surface area (Å²) in [5, 5.41) is 3.03. The lowest BCUT2D eigenvalue weighted by atomic mass is 9.84. The van der Waals surface area contributed by atoms with E-state index in [4.69, 9.17) is 0 Å². The Hall–Kier alpha value is -0.0900. The number of rotatable bonds is 4. The quantitative estimate of drug-likeness (QED) is 0.822. The van der Waals surface area contributed by atoms with Crippen molar-refractivity contribution in [2.24, 2.45) is 0 Å². The second kappa shape index (κ2) is 4.65. The lowest BCUT2D eigenvalue weighted by molar-refractivity contribution is 0.320. The molecule has 0 radical (unpaired) electrons. The Kier molecular flexibility index (Phi) is 3.59. The van der Waals surface area contributed by atoms with Crippen molar-refractivity contribution >= 4 is 9.84 Å². The summed E-state index contributed by atoms with van der Waals surface area (Å²) in [5.74, 6) is 0. The summed E-state index contributed by atoms with van der Waals surface area (Å²) in [6.07, 6.45) is 8.01. The maximum absolute atomic E-state index is 12.6. The van der Waals surface area contributed by atoms with Crippen LogP contribution in [0.3, 0.4) is 0 Å². The maximum atomic E-state index is 12.6. The van der Waals surface area contributed by atoms with Crippen LogP contribution in [0.2, 0.25) is 0 Å². The summed E-state index contributed by atoms with van der Waals surface area (Å²) in [7, 11) is -1.05. The van der Waals surface area contributed by atoms with E-state index in [0.29, 0.717) is 6.54 Å². The zero-order valence-electron chi connectivity index (χ0n) is 10.2. The number of nitrogens with one attached hydrogen (secondary N) is 1. The molecule has 1 N–H and O–H groups in total. The molecule has 0 aromatic rings. The van der Waals surface area contributed by atoms with Gasteiger partial charge in [-0.2, -0.15) is 0 Å². The molecule has 2 aliphatic carbocycles. The summed E-state index contributed by atoms with van der Waals surface area (Å²) in [4.78, 5) is 0. The average molecular weight is 245 g/mol. The molecule has 4 heteroatoms. The van der Waals surface area contributed by atoms with Crippen LogP contribution in [0.15, 0.2) is 0 Å². The van der Waals surface area contributed by atoms with E-state index >= 15 is 0 Å². The Morgan fingerprint density at radius 1 is 1.12 bits per heavy atom. The normalized spacial score (nSPS) is 26.3. The molecule has 16 heavy (non-hydrogen) atoms. The topological polar surface area (TPSA) is 46.2 Å². The monoisotopic (exact) mass is 245 g/mol. The van der Waals surface area contributed by atoms with Crippen molar-refractivity contribution in [3.05, 3.63) is 0 Å². The molecule has 0 unspecified atom stereocenters. The fraction of sp³-hybridized carbons (Fsp3) is 1.00. The van der Waals surface area contributed by atoms with E-state index in [9.17, 15) is 8.42 Å². The van der Waals surface area contributed by atoms with E-state index in [2.05, 4.69) is 5.32 Å². The fourth-order valence-corrected chi connectivity index (χ4v) is 6.05. The van der Waals surface area contributed by atoms with Gasteiger partial charge in [-0.1, -0.05) is 25.7 Å². The van der Waals surface area contributed by atoms with Crippen molar-refractivity contribution < 1.29 is 8.42 Å². The summed E-state index contributed by atoms with van der Waals surface area (Å²) in [5.41, 5.74) is 0. The fourth-order valence-electron chi connectivity index (χ4n) is 3.18. The standard InChI is InChI=1S/C12H23NO2S/c1-13-10-12(8-5-9-12)16(14,15)11-6-3-2-4-7-11/h11,13H,2-10H2,1H3. The van der Waals surface area contributed by atoms with Gasteiger partial charge in [-0.15, -0.1) is 0 Å². The first kappa shape index (κ1) is 12.4. The second-order valence-electron chi connectivity index (χ2n) is 5.37. The molecule has 0 aliphatic heterocycles. The van der Waals surface area contributed by atoms with Gasteiger partial charge in [0.2, 0.25) is 0 Å². The highest BCUT2D eigenvalue weighted by Gasteiger charge is 2.51. The van der Waals surface area contributed by atoms with Crippen LogP contribution in [0.1, 0.15) is 51.4 Å². The third kappa shape index (κ3) is 1.90. The van der Waals surface area contributed by atoms with E-state index in [0.717, 1.165) is 44.9 Å². The van der Waals surface area contributed by atoms with Crippen LogP contribution < -0.4 is 5.32 Å². The molecular formula is C12H23NO2S. The summed E-state index contributed by atoms with van der Waals surface area (Å²) in [6.45, 7) is 0.645. The van der Waals surface area contributed by atoms with Gasteiger partial charge in [-0.25, -0.2) is 8.42 Å². The van der Waals surface area contributed by atoms with Crippen LogP contribution in [0.25, 0.3) is 0 Å². The van der Waals surface area contributed by atoms with E-state index in [-0.39, 0.29) is 5.25 Å². The molecule has 0 amide bonds. The minimum Gasteiger partial charge on any atom is -0.318 e.